The van der Waals surface area contributed by atoms with Gasteiger partial charge in [0.15, 0.2) is 5.78 Å². The number of nitro benzene ring substituents is 1. The zero-order valence-electron chi connectivity index (χ0n) is 11.3. The molecule has 5 heteroatoms. The Morgan fingerprint density at radius 2 is 1.95 bits per heavy atom. The van der Waals surface area contributed by atoms with E-state index >= 15 is 0 Å². The number of aromatic nitrogens is 1. The molecule has 0 radical (unpaired) electrons. The van der Waals surface area contributed by atoms with E-state index in [-0.39, 0.29) is 11.5 Å². The average Bonchev–Trinajstić information content (AvgIpc) is 2.88. The molecule has 2 rings (SSSR count). The molecule has 0 unspecified atom stereocenters. The molecular weight excluding hydrogens is 256 g/mol. The number of Topliss-reactive ketones (excluding diaryl/α,β-unsaturated/α-hetero) is 1. The Kier molecular flexibility index (Phi) is 4.30. The predicted molar refractivity (Wildman–Crippen MR) is 75.9 cm³/mol. The van der Waals surface area contributed by atoms with E-state index < -0.39 is 4.92 Å². The molecule has 0 spiro atoms. The number of carbonyl (C=O) groups is 1. The highest BCUT2D eigenvalue weighted by Gasteiger charge is 2.07. The SMILES string of the molecule is CCCC(=O)c1ccn(Cc2ccc([N+](=O)[O-])cc2)c1. The standard InChI is InChI=1S/C15H16N2O3/c1-2-3-15(18)13-8-9-16(11-13)10-12-4-6-14(7-5-12)17(19)20/h4-9,11H,2-3,10H2,1H3. The van der Waals surface area contributed by atoms with E-state index in [0.29, 0.717) is 18.5 Å². The molecule has 1 aromatic carbocycles. The summed E-state index contributed by atoms with van der Waals surface area (Å²) in [4.78, 5) is 21.9. The minimum Gasteiger partial charge on any atom is -0.349 e. The molecule has 0 amide bonds. The van der Waals surface area contributed by atoms with Crippen molar-refractivity contribution in [3.05, 3.63) is 64.0 Å². The van der Waals surface area contributed by atoms with Gasteiger partial charge in [-0.1, -0.05) is 19.1 Å². The van der Waals surface area contributed by atoms with Crippen LogP contribution in [0.25, 0.3) is 0 Å². The molecule has 0 fully saturated rings. The van der Waals surface area contributed by atoms with E-state index in [1.165, 1.54) is 12.1 Å². The Hall–Kier alpha value is -2.43. The summed E-state index contributed by atoms with van der Waals surface area (Å²) in [7, 11) is 0. The number of benzene rings is 1. The van der Waals surface area contributed by atoms with Gasteiger partial charge in [-0.3, -0.25) is 14.9 Å². The molecule has 0 aliphatic carbocycles. The first-order chi connectivity index (χ1) is 9.60. The molecule has 0 N–H and O–H groups in total. The van der Waals surface area contributed by atoms with Crippen LogP contribution in [-0.2, 0) is 6.54 Å². The van der Waals surface area contributed by atoms with Crippen LogP contribution in [0.4, 0.5) is 5.69 Å². The Bertz CT molecular complexity index is 614. The van der Waals surface area contributed by atoms with Crippen LogP contribution >= 0.6 is 0 Å². The summed E-state index contributed by atoms with van der Waals surface area (Å²) >= 11 is 0. The summed E-state index contributed by atoms with van der Waals surface area (Å²) in [5.41, 5.74) is 1.76. The highest BCUT2D eigenvalue weighted by molar-refractivity contribution is 5.95. The van der Waals surface area contributed by atoms with Gasteiger partial charge in [0, 0.05) is 43.1 Å². The second-order valence-electron chi connectivity index (χ2n) is 4.67. The number of nitro groups is 1. The maximum atomic E-state index is 11.7. The van der Waals surface area contributed by atoms with Crippen LogP contribution in [0.5, 0.6) is 0 Å². The topological polar surface area (TPSA) is 65.1 Å². The van der Waals surface area contributed by atoms with Gasteiger partial charge in [0.2, 0.25) is 0 Å². The van der Waals surface area contributed by atoms with E-state index in [2.05, 4.69) is 0 Å². The van der Waals surface area contributed by atoms with Gasteiger partial charge in [0.05, 0.1) is 4.92 Å². The molecule has 0 saturated heterocycles. The van der Waals surface area contributed by atoms with Crippen LogP contribution in [0.15, 0.2) is 42.7 Å². The molecule has 1 heterocycles. The number of ketones is 1. The molecule has 1 aromatic heterocycles. The number of rotatable bonds is 6. The number of carbonyl (C=O) groups excluding carboxylic acids is 1. The summed E-state index contributed by atoms with van der Waals surface area (Å²) in [5, 5.41) is 10.6. The molecule has 2 aromatic rings. The largest absolute Gasteiger partial charge is 0.349 e. The molecular formula is C15H16N2O3. The van der Waals surface area contributed by atoms with Gasteiger partial charge in [-0.25, -0.2) is 0 Å². The lowest BCUT2D eigenvalue weighted by molar-refractivity contribution is -0.384. The van der Waals surface area contributed by atoms with E-state index in [9.17, 15) is 14.9 Å². The number of non-ortho nitro benzene ring substituents is 1. The summed E-state index contributed by atoms with van der Waals surface area (Å²) in [6.45, 7) is 2.57. The molecule has 0 aliphatic rings. The Labute approximate surface area is 117 Å². The maximum Gasteiger partial charge on any atom is 0.269 e. The van der Waals surface area contributed by atoms with Crippen molar-refractivity contribution < 1.29 is 9.72 Å². The minimum absolute atomic E-state index is 0.0834. The van der Waals surface area contributed by atoms with Crippen molar-refractivity contribution in [3.63, 3.8) is 0 Å². The van der Waals surface area contributed by atoms with Crippen molar-refractivity contribution in [1.29, 1.82) is 0 Å². The van der Waals surface area contributed by atoms with Gasteiger partial charge in [0.25, 0.3) is 5.69 Å². The van der Waals surface area contributed by atoms with E-state index in [4.69, 9.17) is 0 Å². The first-order valence-electron chi connectivity index (χ1n) is 6.52. The molecule has 5 nitrogen and oxygen atoms in total. The average molecular weight is 272 g/mol. The number of hydrogen-bond acceptors (Lipinski definition) is 3. The highest BCUT2D eigenvalue weighted by Crippen LogP contribution is 2.14. The lowest BCUT2D eigenvalue weighted by atomic mass is 10.1. The van der Waals surface area contributed by atoms with Gasteiger partial charge < -0.3 is 4.57 Å². The van der Waals surface area contributed by atoms with Crippen molar-refractivity contribution in [1.82, 2.24) is 4.57 Å². The van der Waals surface area contributed by atoms with Gasteiger partial charge in [-0.15, -0.1) is 0 Å². The van der Waals surface area contributed by atoms with Crippen molar-refractivity contribution in [2.45, 2.75) is 26.3 Å². The molecule has 0 saturated carbocycles. The van der Waals surface area contributed by atoms with Crippen molar-refractivity contribution in [2.24, 2.45) is 0 Å². The second kappa shape index (κ2) is 6.14. The second-order valence-corrected chi connectivity index (χ2v) is 4.67. The van der Waals surface area contributed by atoms with Crippen LogP contribution in [0.3, 0.4) is 0 Å². The fourth-order valence-corrected chi connectivity index (χ4v) is 2.01. The molecule has 0 bridgehead atoms. The Morgan fingerprint density at radius 1 is 1.25 bits per heavy atom. The van der Waals surface area contributed by atoms with Crippen LogP contribution in [0.2, 0.25) is 0 Å². The summed E-state index contributed by atoms with van der Waals surface area (Å²) in [6, 6.07) is 8.24. The molecule has 0 aliphatic heterocycles. The highest BCUT2D eigenvalue weighted by atomic mass is 16.6. The fraction of sp³-hybridized carbons (Fsp3) is 0.267. The van der Waals surface area contributed by atoms with Crippen molar-refractivity contribution in [2.75, 3.05) is 0 Å². The molecule has 104 valence electrons. The van der Waals surface area contributed by atoms with Gasteiger partial charge >= 0.3 is 0 Å². The van der Waals surface area contributed by atoms with Gasteiger partial charge in [0.1, 0.15) is 0 Å². The van der Waals surface area contributed by atoms with Crippen LogP contribution in [0, 0.1) is 10.1 Å². The summed E-state index contributed by atoms with van der Waals surface area (Å²) < 4.78 is 1.91. The molecule has 0 atom stereocenters. The van der Waals surface area contributed by atoms with Gasteiger partial charge in [-0.05, 0) is 18.1 Å². The third-order valence-corrected chi connectivity index (χ3v) is 3.06. The van der Waals surface area contributed by atoms with Crippen LogP contribution in [-0.4, -0.2) is 15.3 Å². The molecule has 20 heavy (non-hydrogen) atoms. The zero-order valence-corrected chi connectivity index (χ0v) is 11.3. The predicted octanol–water partition coefficient (Wildman–Crippen LogP) is 3.43. The summed E-state index contributed by atoms with van der Waals surface area (Å²) in [5.74, 6) is 0.148. The minimum atomic E-state index is -0.416. The van der Waals surface area contributed by atoms with Crippen molar-refractivity contribution >= 4 is 11.5 Å². The fourth-order valence-electron chi connectivity index (χ4n) is 2.01. The van der Waals surface area contributed by atoms with Gasteiger partial charge in [-0.2, -0.15) is 0 Å². The Morgan fingerprint density at radius 3 is 2.55 bits per heavy atom. The maximum absolute atomic E-state index is 11.7. The summed E-state index contributed by atoms with van der Waals surface area (Å²) in [6.07, 6.45) is 5.07. The van der Waals surface area contributed by atoms with Crippen LogP contribution in [0.1, 0.15) is 35.7 Å². The number of hydrogen-bond donors (Lipinski definition) is 0. The van der Waals surface area contributed by atoms with E-state index in [1.807, 2.05) is 30.0 Å². The first kappa shape index (κ1) is 14.0. The Balaban J connectivity index is 2.06. The normalized spacial score (nSPS) is 10.4. The third kappa shape index (κ3) is 3.32. The van der Waals surface area contributed by atoms with Crippen LogP contribution < -0.4 is 0 Å². The monoisotopic (exact) mass is 272 g/mol. The lowest BCUT2D eigenvalue weighted by Gasteiger charge is -2.02. The smallest absolute Gasteiger partial charge is 0.269 e. The quantitative estimate of drug-likeness (QED) is 0.459. The van der Waals surface area contributed by atoms with E-state index in [0.717, 1.165) is 12.0 Å². The van der Waals surface area contributed by atoms with E-state index in [1.54, 1.807) is 12.1 Å². The van der Waals surface area contributed by atoms with Crippen molar-refractivity contribution in [3.8, 4) is 0 Å². The number of nitrogens with zero attached hydrogens (tertiary/aromatic N) is 2. The lowest BCUT2D eigenvalue weighted by Crippen LogP contribution is -1.99. The zero-order chi connectivity index (χ0) is 14.5. The third-order valence-electron chi connectivity index (χ3n) is 3.06. The first-order valence-corrected chi connectivity index (χ1v) is 6.52.